The Labute approximate surface area is 146 Å². The predicted octanol–water partition coefficient (Wildman–Crippen LogP) is 4.11. The van der Waals surface area contributed by atoms with Gasteiger partial charge in [-0.25, -0.2) is 0 Å². The molecule has 0 heterocycles. The van der Waals surface area contributed by atoms with Crippen LogP contribution in [0.5, 0.6) is 0 Å². The van der Waals surface area contributed by atoms with Crippen molar-refractivity contribution in [3.05, 3.63) is 59.6 Å². The molecule has 0 saturated heterocycles. The number of benzene rings is 2. The first-order valence-electron chi connectivity index (χ1n) is 8.01. The van der Waals surface area contributed by atoms with Gasteiger partial charge in [0.15, 0.2) is 0 Å². The third-order valence-corrected chi connectivity index (χ3v) is 4.58. The number of hydrogen-bond donors (Lipinski definition) is 1. The minimum absolute atomic E-state index is 0.136. The van der Waals surface area contributed by atoms with E-state index in [1.165, 1.54) is 0 Å². The summed E-state index contributed by atoms with van der Waals surface area (Å²) in [6, 6.07) is 16.3. The maximum Gasteiger partial charge on any atom is 0.242 e. The van der Waals surface area contributed by atoms with E-state index in [0.29, 0.717) is 30.1 Å². The summed E-state index contributed by atoms with van der Waals surface area (Å²) >= 11 is 5.86. The lowest BCUT2D eigenvalue weighted by Crippen LogP contribution is -2.43. The molecule has 1 aliphatic rings. The topological polar surface area (TPSA) is 49.4 Å². The van der Waals surface area contributed by atoms with Gasteiger partial charge in [-0.1, -0.05) is 29.8 Å². The molecule has 0 spiro atoms. The fourth-order valence-corrected chi connectivity index (χ4v) is 2.88. The van der Waals surface area contributed by atoms with Crippen molar-refractivity contribution >= 4 is 34.8 Å². The van der Waals surface area contributed by atoms with Crippen molar-refractivity contribution in [1.82, 2.24) is 0 Å². The number of carbonyl (C=O) groups is 2. The van der Waals surface area contributed by atoms with Crippen molar-refractivity contribution in [2.75, 3.05) is 16.8 Å². The van der Waals surface area contributed by atoms with Gasteiger partial charge in [0, 0.05) is 22.9 Å². The van der Waals surface area contributed by atoms with Crippen LogP contribution in [0.3, 0.4) is 0 Å². The van der Waals surface area contributed by atoms with Crippen LogP contribution in [0, 0.1) is 5.41 Å². The van der Waals surface area contributed by atoms with Gasteiger partial charge in [-0.05, 0) is 56.2 Å². The predicted molar refractivity (Wildman–Crippen MR) is 96.2 cm³/mol. The van der Waals surface area contributed by atoms with Gasteiger partial charge in [0.25, 0.3) is 0 Å². The fraction of sp³-hybridized carbons (Fsp3) is 0.263. The van der Waals surface area contributed by atoms with E-state index in [1.54, 1.807) is 29.2 Å². The summed E-state index contributed by atoms with van der Waals surface area (Å²) in [5, 5.41) is 3.44. The van der Waals surface area contributed by atoms with Crippen molar-refractivity contribution in [2.24, 2.45) is 5.41 Å². The van der Waals surface area contributed by atoms with Crippen molar-refractivity contribution < 1.29 is 9.59 Å². The summed E-state index contributed by atoms with van der Waals surface area (Å²) < 4.78 is 0. The molecule has 3 rings (SSSR count). The second-order valence-corrected chi connectivity index (χ2v) is 6.36. The quantitative estimate of drug-likeness (QED) is 0.831. The maximum absolute atomic E-state index is 13.0. The molecule has 1 saturated carbocycles. The Morgan fingerprint density at radius 2 is 1.71 bits per heavy atom. The fourth-order valence-electron chi connectivity index (χ4n) is 2.76. The zero-order valence-corrected chi connectivity index (χ0v) is 14.2. The minimum Gasteiger partial charge on any atom is -0.325 e. The van der Waals surface area contributed by atoms with Gasteiger partial charge in [0.2, 0.25) is 11.8 Å². The summed E-state index contributed by atoms with van der Waals surface area (Å²) in [4.78, 5) is 27.3. The lowest BCUT2D eigenvalue weighted by molar-refractivity contribution is -0.132. The number of anilines is 2. The summed E-state index contributed by atoms with van der Waals surface area (Å²) in [6.45, 7) is 2.44. The first-order chi connectivity index (χ1) is 11.6. The van der Waals surface area contributed by atoms with E-state index < -0.39 is 5.41 Å². The summed E-state index contributed by atoms with van der Waals surface area (Å²) in [7, 11) is 0. The highest BCUT2D eigenvalue weighted by atomic mass is 35.5. The van der Waals surface area contributed by atoms with Crippen LogP contribution in [0.2, 0.25) is 5.02 Å². The van der Waals surface area contributed by atoms with Gasteiger partial charge in [-0.3, -0.25) is 9.59 Å². The third kappa shape index (κ3) is 3.15. The number of nitrogens with one attached hydrogen (secondary N) is 1. The molecular formula is C19H19ClN2O2. The molecule has 0 unspecified atom stereocenters. The van der Waals surface area contributed by atoms with E-state index in [-0.39, 0.29) is 11.8 Å². The molecule has 0 bridgehead atoms. The Morgan fingerprint density at radius 3 is 2.25 bits per heavy atom. The molecule has 1 aliphatic carbocycles. The van der Waals surface area contributed by atoms with Crippen LogP contribution < -0.4 is 10.2 Å². The van der Waals surface area contributed by atoms with Crippen LogP contribution in [0.25, 0.3) is 0 Å². The van der Waals surface area contributed by atoms with E-state index >= 15 is 0 Å². The number of para-hydroxylation sites is 1. The zero-order chi connectivity index (χ0) is 17.2. The minimum atomic E-state index is -0.953. The van der Waals surface area contributed by atoms with Crippen LogP contribution in [0.15, 0.2) is 54.6 Å². The van der Waals surface area contributed by atoms with Crippen molar-refractivity contribution in [3.8, 4) is 0 Å². The Hall–Kier alpha value is -2.33. The van der Waals surface area contributed by atoms with Crippen molar-refractivity contribution in [3.63, 3.8) is 0 Å². The van der Waals surface area contributed by atoms with E-state index in [2.05, 4.69) is 5.32 Å². The van der Waals surface area contributed by atoms with Gasteiger partial charge in [-0.15, -0.1) is 0 Å². The number of rotatable bonds is 5. The Bertz CT molecular complexity index is 740. The van der Waals surface area contributed by atoms with Gasteiger partial charge in [0.1, 0.15) is 5.41 Å². The monoisotopic (exact) mass is 342 g/mol. The van der Waals surface area contributed by atoms with E-state index in [9.17, 15) is 9.59 Å². The molecule has 1 N–H and O–H groups in total. The normalized spacial score (nSPS) is 14.8. The molecule has 4 nitrogen and oxygen atoms in total. The SMILES string of the molecule is CCN(C(=O)C1(C(=O)Nc2ccc(Cl)cc2)CC1)c1ccccc1. The maximum atomic E-state index is 13.0. The Kier molecular flexibility index (Phi) is 4.58. The summed E-state index contributed by atoms with van der Waals surface area (Å²) in [6.07, 6.45) is 1.16. The van der Waals surface area contributed by atoms with Crippen molar-refractivity contribution in [2.45, 2.75) is 19.8 Å². The molecule has 0 radical (unpaired) electrons. The van der Waals surface area contributed by atoms with E-state index in [1.807, 2.05) is 37.3 Å². The van der Waals surface area contributed by atoms with E-state index in [4.69, 9.17) is 11.6 Å². The van der Waals surface area contributed by atoms with Crippen LogP contribution in [-0.4, -0.2) is 18.4 Å². The largest absolute Gasteiger partial charge is 0.325 e. The van der Waals surface area contributed by atoms with Crippen molar-refractivity contribution in [1.29, 1.82) is 0 Å². The molecule has 2 aromatic carbocycles. The zero-order valence-electron chi connectivity index (χ0n) is 13.5. The number of nitrogens with zero attached hydrogens (tertiary/aromatic N) is 1. The first-order valence-corrected chi connectivity index (χ1v) is 8.38. The molecule has 2 aromatic rings. The summed E-state index contributed by atoms with van der Waals surface area (Å²) in [5.74, 6) is -0.383. The molecule has 2 amide bonds. The molecule has 0 atom stereocenters. The van der Waals surface area contributed by atoms with E-state index in [0.717, 1.165) is 5.69 Å². The standard InChI is InChI=1S/C19H19ClN2O2/c1-2-22(16-6-4-3-5-7-16)18(24)19(12-13-19)17(23)21-15-10-8-14(20)9-11-15/h3-11H,2,12-13H2,1H3,(H,21,23). The number of hydrogen-bond acceptors (Lipinski definition) is 2. The van der Waals surface area contributed by atoms with Gasteiger partial charge < -0.3 is 10.2 Å². The second-order valence-electron chi connectivity index (χ2n) is 5.93. The average Bonchev–Trinajstić information content (AvgIpc) is 3.40. The average molecular weight is 343 g/mol. The molecule has 24 heavy (non-hydrogen) atoms. The molecule has 124 valence electrons. The molecule has 5 heteroatoms. The van der Waals surface area contributed by atoms with Crippen LogP contribution >= 0.6 is 11.6 Å². The van der Waals surface area contributed by atoms with Gasteiger partial charge >= 0.3 is 0 Å². The number of amides is 2. The highest BCUT2D eigenvalue weighted by molar-refractivity contribution is 6.30. The lowest BCUT2D eigenvalue weighted by atomic mass is 10.0. The molecule has 0 aliphatic heterocycles. The lowest BCUT2D eigenvalue weighted by Gasteiger charge is -2.26. The second kappa shape index (κ2) is 6.65. The number of halogens is 1. The molecule has 0 aromatic heterocycles. The third-order valence-electron chi connectivity index (χ3n) is 4.33. The highest BCUT2D eigenvalue weighted by Gasteiger charge is 2.58. The van der Waals surface area contributed by atoms with Crippen LogP contribution in [-0.2, 0) is 9.59 Å². The summed E-state index contributed by atoms with van der Waals surface area (Å²) in [5.41, 5.74) is 0.507. The van der Waals surface area contributed by atoms with Crippen LogP contribution in [0.1, 0.15) is 19.8 Å². The first kappa shape index (κ1) is 16.5. The highest BCUT2D eigenvalue weighted by Crippen LogP contribution is 2.48. The van der Waals surface area contributed by atoms with Gasteiger partial charge in [0.05, 0.1) is 0 Å². The Morgan fingerprint density at radius 1 is 1.08 bits per heavy atom. The number of carbonyl (C=O) groups excluding carboxylic acids is 2. The molecule has 1 fully saturated rings. The van der Waals surface area contributed by atoms with Crippen LogP contribution in [0.4, 0.5) is 11.4 Å². The smallest absolute Gasteiger partial charge is 0.242 e. The molecular weight excluding hydrogens is 324 g/mol. The van der Waals surface area contributed by atoms with Gasteiger partial charge in [-0.2, -0.15) is 0 Å². The Balaban J connectivity index is 1.78.